The van der Waals surface area contributed by atoms with E-state index in [1.54, 1.807) is 13.8 Å². The minimum Gasteiger partial charge on any atom is -0.422 e. The van der Waals surface area contributed by atoms with Crippen LogP contribution in [0.5, 0.6) is 5.75 Å². The largest absolute Gasteiger partial charge is 0.422 e. The fourth-order valence-corrected chi connectivity index (χ4v) is 2.09. The Morgan fingerprint density at radius 2 is 1.59 bits per heavy atom. The van der Waals surface area contributed by atoms with Gasteiger partial charge in [-0.3, -0.25) is 4.79 Å². The third-order valence-corrected chi connectivity index (χ3v) is 4.55. The van der Waals surface area contributed by atoms with Crippen molar-refractivity contribution in [2.24, 2.45) is 5.92 Å². The van der Waals surface area contributed by atoms with Crippen LogP contribution in [0.2, 0.25) is 0 Å². The Hall–Kier alpha value is -0.160. The highest BCUT2D eigenvalue weighted by Gasteiger charge is 2.22. The van der Waals surface area contributed by atoms with E-state index >= 15 is 0 Å². The van der Waals surface area contributed by atoms with E-state index in [4.69, 9.17) is 4.74 Å². The fraction of sp³-hybridized carbons (Fsp3) is 0.300. The average Bonchev–Trinajstić information content (AvgIpc) is 2.29. The number of rotatable bonds is 2. The van der Waals surface area contributed by atoms with E-state index in [-0.39, 0.29) is 11.1 Å². The Kier molecular flexibility index (Phi) is 4.95. The fourth-order valence-electron chi connectivity index (χ4n) is 1.04. The Balaban J connectivity index is 3.30. The number of halogens is 2. The van der Waals surface area contributed by atoms with E-state index in [1.165, 1.54) is 0 Å². The minimum atomic E-state index is -1.15. The second-order valence-corrected chi connectivity index (χ2v) is 5.51. The summed E-state index contributed by atoms with van der Waals surface area (Å²) in [7, 11) is 6.63. The van der Waals surface area contributed by atoms with Crippen LogP contribution in [0.25, 0.3) is 0 Å². The molecule has 0 radical (unpaired) electrons. The maximum absolute atomic E-state index is 13.6. The number of ether oxygens (including phenoxy) is 1. The molecule has 0 N–H and O–H groups in total. The van der Waals surface area contributed by atoms with E-state index in [1.807, 2.05) is 0 Å². The van der Waals surface area contributed by atoms with Crippen LogP contribution in [0.3, 0.4) is 0 Å². The Morgan fingerprint density at radius 1 is 1.06 bits per heavy atom. The van der Waals surface area contributed by atoms with E-state index in [9.17, 15) is 13.6 Å². The van der Waals surface area contributed by atoms with Crippen molar-refractivity contribution >= 4 is 49.6 Å². The summed E-state index contributed by atoms with van der Waals surface area (Å²) < 4.78 is 32.0. The molecule has 0 saturated heterocycles. The highest BCUT2D eigenvalue weighted by atomic mass is 31.0. The molecule has 0 aliphatic heterocycles. The first-order valence-electron chi connectivity index (χ1n) is 4.80. The highest BCUT2D eigenvalue weighted by molar-refractivity contribution is 7.40. The number of carbonyl (C=O) groups excluding carboxylic acids is 1. The summed E-state index contributed by atoms with van der Waals surface area (Å²) in [5, 5.41) is 0.847. The summed E-state index contributed by atoms with van der Waals surface area (Å²) in [5.41, 5.74) is 0. The van der Waals surface area contributed by atoms with Crippen LogP contribution in [0.15, 0.2) is 0 Å². The van der Waals surface area contributed by atoms with Crippen molar-refractivity contribution in [2.45, 2.75) is 13.8 Å². The molecule has 7 heteroatoms. The molecule has 3 atom stereocenters. The van der Waals surface area contributed by atoms with Crippen LogP contribution in [-0.2, 0) is 4.79 Å². The van der Waals surface area contributed by atoms with Gasteiger partial charge in [0.05, 0.1) is 5.92 Å². The summed E-state index contributed by atoms with van der Waals surface area (Å²) in [5.74, 6) is -3.57. The van der Waals surface area contributed by atoms with Gasteiger partial charge >= 0.3 is 5.97 Å². The van der Waals surface area contributed by atoms with Crippen molar-refractivity contribution in [3.8, 4) is 5.75 Å². The molecule has 0 bridgehead atoms. The molecule has 0 saturated carbocycles. The SMILES string of the molecule is CC(C)C(=O)Oc1c(F)c(F)c(P)c(P)c1P. The van der Waals surface area contributed by atoms with E-state index in [0.29, 0.717) is 10.6 Å². The zero-order valence-electron chi connectivity index (χ0n) is 9.38. The first-order valence-corrected chi connectivity index (χ1v) is 6.53. The molecular formula is C10H13F2O2P3. The third-order valence-electron chi connectivity index (χ3n) is 2.13. The number of hydrogen-bond donors (Lipinski definition) is 0. The monoisotopic (exact) mass is 296 g/mol. The molecule has 0 spiro atoms. The van der Waals surface area contributed by atoms with Crippen molar-refractivity contribution in [1.82, 2.24) is 0 Å². The van der Waals surface area contributed by atoms with Gasteiger partial charge < -0.3 is 4.74 Å². The summed E-state index contributed by atoms with van der Waals surface area (Å²) in [4.78, 5) is 11.4. The van der Waals surface area contributed by atoms with Crippen LogP contribution < -0.4 is 20.7 Å². The van der Waals surface area contributed by atoms with Crippen molar-refractivity contribution in [2.75, 3.05) is 0 Å². The molecule has 0 fully saturated rings. The third kappa shape index (κ3) is 2.99. The molecule has 2 nitrogen and oxygen atoms in total. The van der Waals surface area contributed by atoms with E-state index < -0.39 is 23.5 Å². The number of esters is 1. The number of hydrogen-bond acceptors (Lipinski definition) is 2. The van der Waals surface area contributed by atoms with Crippen LogP contribution in [0.4, 0.5) is 8.78 Å². The normalized spacial score (nSPS) is 10.8. The lowest BCUT2D eigenvalue weighted by molar-refractivity contribution is -0.137. The Bertz CT molecular complexity index is 446. The Labute approximate surface area is 105 Å². The van der Waals surface area contributed by atoms with Gasteiger partial charge in [0.2, 0.25) is 5.82 Å². The van der Waals surface area contributed by atoms with Crippen molar-refractivity contribution in [3.05, 3.63) is 11.6 Å². The lowest BCUT2D eigenvalue weighted by Crippen LogP contribution is -2.31. The van der Waals surface area contributed by atoms with Crippen LogP contribution >= 0.6 is 27.7 Å². The predicted molar refractivity (Wildman–Crippen MR) is 74.9 cm³/mol. The van der Waals surface area contributed by atoms with Gasteiger partial charge in [-0.1, -0.05) is 13.8 Å². The van der Waals surface area contributed by atoms with Gasteiger partial charge in [-0.15, -0.1) is 27.7 Å². The second kappa shape index (κ2) is 5.65. The zero-order valence-corrected chi connectivity index (χ0v) is 12.8. The van der Waals surface area contributed by atoms with Crippen molar-refractivity contribution < 1.29 is 18.3 Å². The summed E-state index contributed by atoms with van der Waals surface area (Å²) >= 11 is 0. The zero-order chi connectivity index (χ0) is 13.3. The molecule has 3 unspecified atom stereocenters. The van der Waals surface area contributed by atoms with Gasteiger partial charge in [-0.2, -0.15) is 4.39 Å². The molecule has 1 aromatic carbocycles. The number of carbonyl (C=O) groups is 1. The predicted octanol–water partition coefficient (Wildman–Crippen LogP) is 1.03. The topological polar surface area (TPSA) is 26.3 Å². The van der Waals surface area contributed by atoms with Gasteiger partial charge in [0.25, 0.3) is 0 Å². The second-order valence-electron chi connectivity index (χ2n) is 3.77. The van der Waals surface area contributed by atoms with Gasteiger partial charge in [-0.25, -0.2) is 4.39 Å². The molecule has 0 aliphatic carbocycles. The Morgan fingerprint density at radius 3 is 2.06 bits per heavy atom. The van der Waals surface area contributed by atoms with Gasteiger partial charge in [0, 0.05) is 10.6 Å². The molecule has 0 aromatic heterocycles. The maximum atomic E-state index is 13.6. The van der Waals surface area contributed by atoms with Crippen LogP contribution in [0, 0.1) is 17.6 Å². The molecule has 0 heterocycles. The lowest BCUT2D eigenvalue weighted by atomic mass is 10.2. The van der Waals surface area contributed by atoms with Gasteiger partial charge in [0.1, 0.15) is 0 Å². The quantitative estimate of drug-likeness (QED) is 0.463. The molecule has 1 rings (SSSR count). The summed E-state index contributed by atoms with van der Waals surface area (Å²) in [6.07, 6.45) is 0. The molecule has 0 amide bonds. The molecule has 1 aromatic rings. The van der Waals surface area contributed by atoms with Crippen LogP contribution in [0.1, 0.15) is 13.8 Å². The standard InChI is InChI=1S/C10H13F2O2P3/c1-3(2)10(13)14-6-4(11)5(12)7(15)9(17)8(6)16/h3H,15-17H2,1-2H3. The van der Waals surface area contributed by atoms with E-state index in [2.05, 4.69) is 27.7 Å². The summed E-state index contributed by atoms with van der Waals surface area (Å²) in [6.45, 7) is 3.23. The number of benzene rings is 1. The molecule has 0 aliphatic rings. The van der Waals surface area contributed by atoms with E-state index in [0.717, 1.165) is 0 Å². The van der Waals surface area contributed by atoms with Crippen molar-refractivity contribution in [1.29, 1.82) is 0 Å². The smallest absolute Gasteiger partial charge is 0.313 e. The average molecular weight is 296 g/mol. The lowest BCUT2D eigenvalue weighted by Gasteiger charge is -2.14. The van der Waals surface area contributed by atoms with Gasteiger partial charge in [-0.05, 0) is 5.30 Å². The maximum Gasteiger partial charge on any atom is 0.313 e. The first kappa shape index (κ1) is 14.9. The molecular weight excluding hydrogens is 283 g/mol. The first-order chi connectivity index (χ1) is 7.77. The van der Waals surface area contributed by atoms with Crippen molar-refractivity contribution in [3.63, 3.8) is 0 Å². The van der Waals surface area contributed by atoms with Gasteiger partial charge in [0.15, 0.2) is 11.6 Å². The van der Waals surface area contributed by atoms with Crippen LogP contribution in [-0.4, -0.2) is 5.97 Å². The minimum absolute atomic E-state index is 0.0989. The summed E-state index contributed by atoms with van der Waals surface area (Å²) in [6, 6.07) is 0. The highest BCUT2D eigenvalue weighted by Crippen LogP contribution is 2.21. The molecule has 17 heavy (non-hydrogen) atoms. The molecule has 94 valence electrons.